The van der Waals surface area contributed by atoms with Crippen molar-refractivity contribution in [2.24, 2.45) is 0 Å². The van der Waals surface area contributed by atoms with Gasteiger partial charge in [-0.15, -0.1) is 10.2 Å². The number of nitrogens with zero attached hydrogens (tertiary/aromatic N) is 3. The third-order valence-corrected chi connectivity index (χ3v) is 5.68. The van der Waals surface area contributed by atoms with Gasteiger partial charge >= 0.3 is 0 Å². The molecule has 0 spiro atoms. The molecule has 1 saturated heterocycles. The van der Waals surface area contributed by atoms with Gasteiger partial charge < -0.3 is 18.8 Å². The molecule has 3 heterocycles. The van der Waals surface area contributed by atoms with E-state index in [-0.39, 0.29) is 18.9 Å². The average molecular weight is 397 g/mol. The number of amides is 1. The predicted octanol–water partition coefficient (Wildman–Crippen LogP) is 3.69. The quantitative estimate of drug-likeness (QED) is 0.706. The molecule has 29 heavy (non-hydrogen) atoms. The van der Waals surface area contributed by atoms with Crippen molar-refractivity contribution in [2.45, 2.75) is 65.0 Å². The molecule has 1 fully saturated rings. The zero-order valence-corrected chi connectivity index (χ0v) is 17.3. The number of hydrogen-bond donors (Lipinski definition) is 1. The first-order valence-electron chi connectivity index (χ1n) is 10.2. The summed E-state index contributed by atoms with van der Waals surface area (Å²) < 4.78 is 11.4. The van der Waals surface area contributed by atoms with E-state index in [1.165, 1.54) is 11.1 Å². The topological polar surface area (TPSA) is 92.6 Å². The number of β-amino-alcohol motifs (C(OH)–C–C–N with tert-alkyl or cyclic N) is 1. The number of furan rings is 1. The summed E-state index contributed by atoms with van der Waals surface area (Å²) >= 11 is 0. The Hall–Kier alpha value is -2.67. The van der Waals surface area contributed by atoms with Crippen molar-refractivity contribution < 1.29 is 18.7 Å². The van der Waals surface area contributed by atoms with Gasteiger partial charge in [0.2, 0.25) is 17.7 Å². The Morgan fingerprint density at radius 2 is 2.14 bits per heavy atom. The van der Waals surface area contributed by atoms with Gasteiger partial charge in [-0.2, -0.15) is 0 Å². The third kappa shape index (κ3) is 3.67. The highest BCUT2D eigenvalue weighted by Gasteiger charge is 2.38. The van der Waals surface area contributed by atoms with E-state index >= 15 is 0 Å². The van der Waals surface area contributed by atoms with E-state index in [4.69, 9.17) is 8.83 Å². The summed E-state index contributed by atoms with van der Waals surface area (Å²) in [6.07, 6.45) is 2.30. The van der Waals surface area contributed by atoms with E-state index in [0.29, 0.717) is 30.5 Å². The second-order valence-corrected chi connectivity index (χ2v) is 8.14. The van der Waals surface area contributed by atoms with Gasteiger partial charge in [-0.05, 0) is 36.1 Å². The Morgan fingerprint density at radius 3 is 2.83 bits per heavy atom. The van der Waals surface area contributed by atoms with Gasteiger partial charge in [0.1, 0.15) is 11.6 Å². The van der Waals surface area contributed by atoms with Crippen LogP contribution < -0.4 is 0 Å². The number of carbonyl (C=O) groups excluding carboxylic acids is 1. The molecule has 2 atom stereocenters. The van der Waals surface area contributed by atoms with Crippen molar-refractivity contribution in [3.05, 3.63) is 46.9 Å². The molecule has 0 bridgehead atoms. The number of carbonyl (C=O) groups is 1. The largest absolute Gasteiger partial charge is 0.464 e. The fraction of sp³-hybridized carbons (Fsp3) is 0.500. The van der Waals surface area contributed by atoms with Gasteiger partial charge in [-0.1, -0.05) is 20.8 Å². The molecule has 1 aromatic carbocycles. The molecular weight excluding hydrogens is 370 g/mol. The number of benzene rings is 1. The van der Waals surface area contributed by atoms with Gasteiger partial charge in [0, 0.05) is 30.3 Å². The lowest BCUT2D eigenvalue weighted by atomic mass is 9.95. The van der Waals surface area contributed by atoms with Crippen molar-refractivity contribution >= 4 is 16.9 Å². The first-order chi connectivity index (χ1) is 13.9. The highest BCUT2D eigenvalue weighted by molar-refractivity contribution is 5.89. The summed E-state index contributed by atoms with van der Waals surface area (Å²) in [7, 11) is 0. The zero-order valence-electron chi connectivity index (χ0n) is 17.3. The third-order valence-electron chi connectivity index (χ3n) is 5.68. The number of fused-ring (bicyclic) bond motifs is 1. The maximum Gasteiger partial charge on any atom is 0.239 e. The molecule has 1 N–H and O–H groups in total. The molecule has 7 nitrogen and oxygen atoms in total. The fourth-order valence-electron chi connectivity index (χ4n) is 4.14. The number of aryl methyl sites for hydroxylation is 2. The summed E-state index contributed by atoms with van der Waals surface area (Å²) in [5, 5.41) is 19.2. The van der Waals surface area contributed by atoms with Crippen LogP contribution >= 0.6 is 0 Å². The normalized spacial score (nSPS) is 19.6. The molecule has 7 heteroatoms. The summed E-state index contributed by atoms with van der Waals surface area (Å²) in [5.74, 6) is 1.23. The van der Waals surface area contributed by atoms with Crippen LogP contribution in [0.5, 0.6) is 0 Å². The summed E-state index contributed by atoms with van der Waals surface area (Å²) in [6, 6.07) is 3.77. The molecule has 3 aromatic rings. The minimum atomic E-state index is -0.600. The average Bonchev–Trinajstić information content (AvgIpc) is 3.39. The Balaban J connectivity index is 1.60. The van der Waals surface area contributed by atoms with Gasteiger partial charge in [-0.3, -0.25) is 4.79 Å². The maximum atomic E-state index is 13.1. The summed E-state index contributed by atoms with van der Waals surface area (Å²) in [6.45, 7) is 8.59. The summed E-state index contributed by atoms with van der Waals surface area (Å²) in [5.41, 5.74) is 4.08. The lowest BCUT2D eigenvalue weighted by Crippen LogP contribution is -2.33. The van der Waals surface area contributed by atoms with Gasteiger partial charge in [0.25, 0.3) is 0 Å². The molecule has 4 rings (SSSR count). The highest BCUT2D eigenvalue weighted by atomic mass is 16.4. The second kappa shape index (κ2) is 7.63. The smallest absolute Gasteiger partial charge is 0.239 e. The van der Waals surface area contributed by atoms with Crippen LogP contribution in [0.1, 0.15) is 67.6 Å². The number of aliphatic hydroxyl groups excluding tert-OH is 1. The first kappa shape index (κ1) is 19.6. The van der Waals surface area contributed by atoms with Crippen LogP contribution in [-0.2, 0) is 17.6 Å². The van der Waals surface area contributed by atoms with Gasteiger partial charge in [-0.25, -0.2) is 0 Å². The molecular formula is C22H27N3O4. The summed E-state index contributed by atoms with van der Waals surface area (Å²) in [4.78, 5) is 14.8. The lowest BCUT2D eigenvalue weighted by Gasteiger charge is -2.21. The Bertz CT molecular complexity index is 1040. The van der Waals surface area contributed by atoms with Gasteiger partial charge in [0.15, 0.2) is 0 Å². The Morgan fingerprint density at radius 1 is 1.34 bits per heavy atom. The Labute approximate surface area is 169 Å². The molecule has 0 radical (unpaired) electrons. The van der Waals surface area contributed by atoms with E-state index in [9.17, 15) is 9.90 Å². The molecule has 1 amide bonds. The van der Waals surface area contributed by atoms with Crippen molar-refractivity contribution in [2.75, 3.05) is 6.54 Å². The van der Waals surface area contributed by atoms with Crippen LogP contribution in [0.15, 0.2) is 27.2 Å². The predicted molar refractivity (Wildman–Crippen MR) is 107 cm³/mol. The molecule has 2 aromatic heterocycles. The zero-order chi connectivity index (χ0) is 20.7. The lowest BCUT2D eigenvalue weighted by molar-refractivity contribution is -0.132. The second-order valence-electron chi connectivity index (χ2n) is 8.14. The standard InChI is InChI=1S/C22H27N3O4/c1-5-20-23-24-22(29-20)18-8-15(26)10-25(18)21(27)7-14-11-28-19-6-13(4)16(12(2)3)9-17(14)19/h6,9,11-12,15,18,26H,5,7-8,10H2,1-4H3/t15-,18-/m1/s1. The SMILES string of the molecule is CCc1nnc([C@H]2C[C@@H](O)CN2C(=O)Cc2coc3cc(C)c(C(C)C)cc23)o1. The first-order valence-corrected chi connectivity index (χ1v) is 10.2. The van der Waals surface area contributed by atoms with E-state index in [1.54, 1.807) is 11.2 Å². The van der Waals surface area contributed by atoms with Crippen LogP contribution in [0.2, 0.25) is 0 Å². The van der Waals surface area contributed by atoms with Crippen molar-refractivity contribution in [1.82, 2.24) is 15.1 Å². The number of aromatic nitrogens is 2. The molecule has 154 valence electrons. The minimum Gasteiger partial charge on any atom is -0.464 e. The fourth-order valence-corrected chi connectivity index (χ4v) is 4.14. The van der Waals surface area contributed by atoms with Crippen LogP contribution in [-0.4, -0.2) is 38.8 Å². The van der Waals surface area contributed by atoms with Crippen LogP contribution in [0.25, 0.3) is 11.0 Å². The number of hydrogen-bond acceptors (Lipinski definition) is 6. The van der Waals surface area contributed by atoms with E-state index in [2.05, 4.69) is 37.0 Å². The van der Waals surface area contributed by atoms with E-state index in [0.717, 1.165) is 16.5 Å². The molecule has 1 aliphatic rings. The van der Waals surface area contributed by atoms with E-state index < -0.39 is 12.1 Å². The number of rotatable bonds is 5. The van der Waals surface area contributed by atoms with Crippen LogP contribution in [0.3, 0.4) is 0 Å². The maximum absolute atomic E-state index is 13.1. The Kier molecular flexibility index (Phi) is 5.17. The van der Waals surface area contributed by atoms with Crippen molar-refractivity contribution in [1.29, 1.82) is 0 Å². The number of aliphatic hydroxyl groups is 1. The van der Waals surface area contributed by atoms with Crippen LogP contribution in [0.4, 0.5) is 0 Å². The highest BCUT2D eigenvalue weighted by Crippen LogP contribution is 2.34. The molecule has 1 aliphatic heterocycles. The number of likely N-dealkylation sites (tertiary alicyclic amines) is 1. The molecule has 0 saturated carbocycles. The minimum absolute atomic E-state index is 0.0860. The monoisotopic (exact) mass is 397 g/mol. The molecule has 0 unspecified atom stereocenters. The van der Waals surface area contributed by atoms with Crippen molar-refractivity contribution in [3.8, 4) is 0 Å². The van der Waals surface area contributed by atoms with E-state index in [1.807, 2.05) is 13.0 Å². The van der Waals surface area contributed by atoms with Crippen LogP contribution in [0, 0.1) is 6.92 Å². The molecule has 0 aliphatic carbocycles. The van der Waals surface area contributed by atoms with Gasteiger partial charge in [0.05, 0.1) is 18.8 Å². The van der Waals surface area contributed by atoms with Crippen molar-refractivity contribution in [3.63, 3.8) is 0 Å².